The van der Waals surface area contributed by atoms with E-state index in [9.17, 15) is 0 Å². The zero-order valence-electron chi connectivity index (χ0n) is 7.76. The Kier molecular flexibility index (Phi) is 3.27. The van der Waals surface area contributed by atoms with E-state index in [0.29, 0.717) is 10.7 Å². The Hall–Kier alpha value is -1.07. The monoisotopic (exact) mass is 194 g/mol. The normalized spacial score (nSPS) is 9.69. The molecule has 0 aliphatic carbocycles. The number of nitrogens with zero attached hydrogens (tertiary/aromatic N) is 2. The fourth-order valence-corrected chi connectivity index (χ4v) is 1.47. The third-order valence-corrected chi connectivity index (χ3v) is 2.24. The van der Waals surface area contributed by atoms with Crippen LogP contribution in [-0.2, 0) is 12.8 Å². The molecule has 3 heteroatoms. The van der Waals surface area contributed by atoms with Crippen molar-refractivity contribution in [2.45, 2.75) is 26.7 Å². The molecular formula is C10H11ClN2. The fraction of sp³-hybridized carbons (Fsp3) is 0.400. The van der Waals surface area contributed by atoms with Crippen LogP contribution < -0.4 is 0 Å². The number of hydrogen-bond donors (Lipinski definition) is 0. The molecule has 1 aromatic heterocycles. The highest BCUT2D eigenvalue weighted by atomic mass is 35.5. The molecule has 0 radical (unpaired) electrons. The summed E-state index contributed by atoms with van der Waals surface area (Å²) in [5.41, 5.74) is 2.45. The van der Waals surface area contributed by atoms with Gasteiger partial charge in [-0.15, -0.1) is 0 Å². The topological polar surface area (TPSA) is 36.7 Å². The number of pyridine rings is 1. The summed E-state index contributed by atoms with van der Waals surface area (Å²) in [5.74, 6) is 0. The van der Waals surface area contributed by atoms with Gasteiger partial charge in [0.2, 0.25) is 0 Å². The van der Waals surface area contributed by atoms with E-state index >= 15 is 0 Å². The number of rotatable bonds is 2. The summed E-state index contributed by atoms with van der Waals surface area (Å²) in [5, 5.41) is 9.15. The SMILES string of the molecule is CCc1cc(CC)c(C#N)c(Cl)n1. The van der Waals surface area contributed by atoms with Crippen molar-refractivity contribution in [2.24, 2.45) is 0 Å². The highest BCUT2D eigenvalue weighted by Crippen LogP contribution is 2.19. The highest BCUT2D eigenvalue weighted by Gasteiger charge is 2.08. The molecule has 0 N–H and O–H groups in total. The van der Waals surface area contributed by atoms with Gasteiger partial charge in [-0.1, -0.05) is 25.4 Å². The van der Waals surface area contributed by atoms with Crippen LogP contribution in [0, 0.1) is 11.3 Å². The molecule has 0 aliphatic heterocycles. The van der Waals surface area contributed by atoms with Crippen molar-refractivity contribution in [1.29, 1.82) is 5.26 Å². The molecule has 0 unspecified atom stereocenters. The average molecular weight is 195 g/mol. The van der Waals surface area contributed by atoms with Crippen LogP contribution in [0.4, 0.5) is 0 Å². The van der Waals surface area contributed by atoms with Gasteiger partial charge in [0.05, 0.1) is 5.56 Å². The van der Waals surface area contributed by atoms with Gasteiger partial charge in [-0.2, -0.15) is 5.26 Å². The Morgan fingerprint density at radius 3 is 2.62 bits per heavy atom. The third-order valence-electron chi connectivity index (χ3n) is 1.96. The van der Waals surface area contributed by atoms with Crippen LogP contribution in [0.2, 0.25) is 5.15 Å². The number of aryl methyl sites for hydroxylation is 2. The molecular weight excluding hydrogens is 184 g/mol. The van der Waals surface area contributed by atoms with E-state index in [1.165, 1.54) is 0 Å². The van der Waals surface area contributed by atoms with Gasteiger partial charge in [-0.3, -0.25) is 0 Å². The van der Waals surface area contributed by atoms with E-state index in [0.717, 1.165) is 24.1 Å². The predicted molar refractivity (Wildman–Crippen MR) is 52.7 cm³/mol. The molecule has 1 rings (SSSR count). The van der Waals surface area contributed by atoms with Gasteiger partial charge in [-0.05, 0) is 24.5 Å². The summed E-state index contributed by atoms with van der Waals surface area (Å²) in [6.07, 6.45) is 1.66. The lowest BCUT2D eigenvalue weighted by molar-refractivity contribution is 0.999. The zero-order chi connectivity index (χ0) is 9.84. The van der Waals surface area contributed by atoms with Crippen LogP contribution in [0.1, 0.15) is 30.7 Å². The molecule has 1 aromatic rings. The minimum absolute atomic E-state index is 0.332. The molecule has 0 atom stereocenters. The summed E-state index contributed by atoms with van der Waals surface area (Å²) >= 11 is 5.86. The minimum Gasteiger partial charge on any atom is -0.240 e. The average Bonchev–Trinajstić information content (AvgIpc) is 2.16. The maximum absolute atomic E-state index is 8.82. The van der Waals surface area contributed by atoms with Crippen molar-refractivity contribution in [1.82, 2.24) is 4.98 Å². The predicted octanol–water partition coefficient (Wildman–Crippen LogP) is 2.73. The van der Waals surface area contributed by atoms with E-state index in [2.05, 4.69) is 11.1 Å². The zero-order valence-corrected chi connectivity index (χ0v) is 8.52. The van der Waals surface area contributed by atoms with Crippen LogP contribution in [0.15, 0.2) is 6.07 Å². The number of hydrogen-bond acceptors (Lipinski definition) is 2. The molecule has 2 nitrogen and oxygen atoms in total. The van der Waals surface area contributed by atoms with E-state index < -0.39 is 0 Å². The largest absolute Gasteiger partial charge is 0.240 e. The summed E-state index contributed by atoms with van der Waals surface area (Å²) < 4.78 is 0. The molecule has 68 valence electrons. The Labute approximate surface area is 83.2 Å². The fourth-order valence-electron chi connectivity index (χ4n) is 1.20. The second-order valence-electron chi connectivity index (χ2n) is 2.76. The van der Waals surface area contributed by atoms with E-state index in [1.807, 2.05) is 19.9 Å². The van der Waals surface area contributed by atoms with E-state index in [1.54, 1.807) is 0 Å². The lowest BCUT2D eigenvalue weighted by Crippen LogP contribution is -1.96. The molecule has 0 spiro atoms. The van der Waals surface area contributed by atoms with Gasteiger partial charge in [0.1, 0.15) is 11.2 Å². The quantitative estimate of drug-likeness (QED) is 0.679. The Morgan fingerprint density at radius 1 is 1.46 bits per heavy atom. The van der Waals surface area contributed by atoms with Crippen LogP contribution in [0.5, 0.6) is 0 Å². The highest BCUT2D eigenvalue weighted by molar-refractivity contribution is 6.30. The standard InChI is InChI=1S/C10H11ClN2/c1-3-7-5-8(4-2)13-10(11)9(7)6-12/h5H,3-4H2,1-2H3. The number of aromatic nitrogens is 1. The van der Waals surface area contributed by atoms with Crippen molar-refractivity contribution in [3.63, 3.8) is 0 Å². The summed E-state index contributed by atoms with van der Waals surface area (Å²) in [7, 11) is 0. The molecule has 13 heavy (non-hydrogen) atoms. The summed E-state index contributed by atoms with van der Waals surface area (Å²) in [6, 6.07) is 4.02. The van der Waals surface area contributed by atoms with E-state index in [4.69, 9.17) is 16.9 Å². The van der Waals surface area contributed by atoms with Crippen molar-refractivity contribution in [3.05, 3.63) is 28.0 Å². The minimum atomic E-state index is 0.332. The summed E-state index contributed by atoms with van der Waals surface area (Å²) in [6.45, 7) is 4.02. The Morgan fingerprint density at radius 2 is 2.15 bits per heavy atom. The molecule has 0 amide bonds. The first kappa shape index (κ1) is 10.0. The van der Waals surface area contributed by atoms with Crippen molar-refractivity contribution < 1.29 is 0 Å². The van der Waals surface area contributed by atoms with Gasteiger partial charge >= 0.3 is 0 Å². The number of nitriles is 1. The van der Waals surface area contributed by atoms with E-state index in [-0.39, 0.29) is 0 Å². The molecule has 1 heterocycles. The maximum Gasteiger partial charge on any atom is 0.147 e. The van der Waals surface area contributed by atoms with Gasteiger partial charge in [0.25, 0.3) is 0 Å². The lowest BCUT2D eigenvalue weighted by atomic mass is 10.1. The van der Waals surface area contributed by atoms with Crippen molar-refractivity contribution in [3.8, 4) is 6.07 Å². The molecule has 0 saturated heterocycles. The van der Waals surface area contributed by atoms with Gasteiger partial charge in [-0.25, -0.2) is 4.98 Å². The first-order chi connectivity index (χ1) is 6.22. The molecule has 0 aliphatic rings. The second-order valence-corrected chi connectivity index (χ2v) is 3.12. The molecule has 0 aromatic carbocycles. The summed E-state index contributed by atoms with van der Waals surface area (Å²) in [4.78, 5) is 4.11. The van der Waals surface area contributed by atoms with Crippen LogP contribution in [-0.4, -0.2) is 4.98 Å². The van der Waals surface area contributed by atoms with Crippen molar-refractivity contribution in [2.75, 3.05) is 0 Å². The Balaban J connectivity index is 3.31. The Bertz CT molecular complexity index is 353. The van der Waals surface area contributed by atoms with Gasteiger partial charge in [0, 0.05) is 5.69 Å². The van der Waals surface area contributed by atoms with Crippen molar-refractivity contribution >= 4 is 11.6 Å². The maximum atomic E-state index is 8.82. The van der Waals surface area contributed by atoms with Crippen LogP contribution in [0.25, 0.3) is 0 Å². The van der Waals surface area contributed by atoms with Crippen LogP contribution >= 0.6 is 11.6 Å². The third kappa shape index (κ3) is 1.99. The number of halogens is 1. The molecule has 0 fully saturated rings. The lowest BCUT2D eigenvalue weighted by Gasteiger charge is -2.04. The van der Waals surface area contributed by atoms with Crippen LogP contribution in [0.3, 0.4) is 0 Å². The van der Waals surface area contributed by atoms with Gasteiger partial charge in [0.15, 0.2) is 0 Å². The smallest absolute Gasteiger partial charge is 0.147 e. The van der Waals surface area contributed by atoms with Gasteiger partial charge < -0.3 is 0 Å². The first-order valence-electron chi connectivity index (χ1n) is 4.31. The molecule has 0 saturated carbocycles. The molecule has 0 bridgehead atoms. The first-order valence-corrected chi connectivity index (χ1v) is 4.69. The second kappa shape index (κ2) is 4.25.